The van der Waals surface area contributed by atoms with Gasteiger partial charge in [0.2, 0.25) is 0 Å². The molecule has 0 amide bonds. The summed E-state index contributed by atoms with van der Waals surface area (Å²) in [6.07, 6.45) is 5.87. The van der Waals surface area contributed by atoms with Crippen LogP contribution in [0.25, 0.3) is 0 Å². The Balaban J connectivity index is 1.58. The normalized spacial score (nSPS) is 18.8. The predicted octanol–water partition coefficient (Wildman–Crippen LogP) is 4.33. The molecular formula is C18H24N2OS. The van der Waals surface area contributed by atoms with E-state index in [0.29, 0.717) is 6.10 Å². The maximum Gasteiger partial charge on any atom is 0.0916 e. The van der Waals surface area contributed by atoms with Gasteiger partial charge in [0.05, 0.1) is 11.8 Å². The van der Waals surface area contributed by atoms with Crippen LogP contribution in [0.1, 0.15) is 46.4 Å². The van der Waals surface area contributed by atoms with Crippen molar-refractivity contribution in [3.63, 3.8) is 0 Å². The predicted molar refractivity (Wildman–Crippen MR) is 91.0 cm³/mol. The molecule has 0 aromatic carbocycles. The van der Waals surface area contributed by atoms with Gasteiger partial charge in [0.25, 0.3) is 0 Å². The Bertz CT molecular complexity index is 605. The van der Waals surface area contributed by atoms with E-state index < -0.39 is 0 Å². The molecule has 1 aliphatic heterocycles. The van der Waals surface area contributed by atoms with Crippen molar-refractivity contribution in [1.82, 2.24) is 9.88 Å². The van der Waals surface area contributed by atoms with Gasteiger partial charge in [0.15, 0.2) is 0 Å². The van der Waals surface area contributed by atoms with E-state index in [-0.39, 0.29) is 0 Å². The van der Waals surface area contributed by atoms with Gasteiger partial charge in [-0.2, -0.15) is 0 Å². The molecule has 3 rings (SSSR count). The van der Waals surface area contributed by atoms with Crippen molar-refractivity contribution in [3.8, 4) is 0 Å². The molecular weight excluding hydrogens is 292 g/mol. The number of aromatic nitrogens is 1. The molecule has 3 nitrogen and oxygen atoms in total. The zero-order valence-corrected chi connectivity index (χ0v) is 14.2. The Morgan fingerprint density at radius 2 is 2.18 bits per heavy atom. The molecule has 1 atom stereocenters. The van der Waals surface area contributed by atoms with E-state index >= 15 is 0 Å². The lowest BCUT2D eigenvalue weighted by Crippen LogP contribution is -2.18. The van der Waals surface area contributed by atoms with Crippen molar-refractivity contribution < 1.29 is 4.74 Å². The maximum absolute atomic E-state index is 5.88. The van der Waals surface area contributed by atoms with Crippen LogP contribution in [-0.2, 0) is 17.8 Å². The van der Waals surface area contributed by atoms with Crippen LogP contribution in [0.2, 0.25) is 0 Å². The quantitative estimate of drug-likeness (QED) is 0.821. The highest BCUT2D eigenvalue weighted by Gasteiger charge is 2.18. The largest absolute Gasteiger partial charge is 0.373 e. The van der Waals surface area contributed by atoms with Crippen molar-refractivity contribution in [3.05, 3.63) is 51.5 Å². The molecule has 0 bridgehead atoms. The van der Waals surface area contributed by atoms with Crippen LogP contribution in [0.4, 0.5) is 0 Å². The molecule has 2 aromatic heterocycles. The molecule has 1 unspecified atom stereocenters. The van der Waals surface area contributed by atoms with Gasteiger partial charge in [-0.1, -0.05) is 6.07 Å². The van der Waals surface area contributed by atoms with E-state index in [2.05, 4.69) is 42.1 Å². The van der Waals surface area contributed by atoms with Gasteiger partial charge in [-0.25, -0.2) is 0 Å². The van der Waals surface area contributed by atoms with E-state index in [9.17, 15) is 0 Å². The molecule has 22 heavy (non-hydrogen) atoms. The molecule has 1 aliphatic rings. The highest BCUT2D eigenvalue weighted by atomic mass is 32.1. The minimum Gasteiger partial charge on any atom is -0.373 e. The number of thiophene rings is 1. The average molecular weight is 316 g/mol. The lowest BCUT2D eigenvalue weighted by Gasteiger charge is -2.21. The molecule has 4 heteroatoms. The number of hydrogen-bond donors (Lipinski definition) is 0. The molecule has 0 N–H and O–H groups in total. The number of nitrogens with zero attached hydrogens (tertiary/aromatic N) is 2. The Kier molecular flexibility index (Phi) is 5.24. The molecule has 118 valence electrons. The summed E-state index contributed by atoms with van der Waals surface area (Å²) in [5, 5.41) is 0. The third-order valence-corrected chi connectivity index (χ3v) is 5.30. The van der Waals surface area contributed by atoms with E-state index in [1.807, 2.05) is 23.6 Å². The van der Waals surface area contributed by atoms with Gasteiger partial charge in [-0.05, 0) is 57.0 Å². The number of pyridine rings is 1. The second-order valence-corrected chi connectivity index (χ2v) is 7.30. The summed E-state index contributed by atoms with van der Waals surface area (Å²) in [6.45, 7) is 4.89. The zero-order valence-electron chi connectivity index (χ0n) is 13.4. The van der Waals surface area contributed by atoms with Gasteiger partial charge in [0, 0.05) is 35.6 Å². The topological polar surface area (TPSA) is 25.4 Å². The van der Waals surface area contributed by atoms with Crippen molar-refractivity contribution in [2.75, 3.05) is 13.7 Å². The SMILES string of the molecule is Cc1cccnc1CN(C)Cc1ccc(C2CCCCO2)s1. The van der Waals surface area contributed by atoms with E-state index in [0.717, 1.165) is 25.4 Å². The number of rotatable bonds is 5. The van der Waals surface area contributed by atoms with Crippen LogP contribution in [0.3, 0.4) is 0 Å². The first kappa shape index (κ1) is 15.7. The number of aryl methyl sites for hydroxylation is 1. The smallest absolute Gasteiger partial charge is 0.0916 e. The van der Waals surface area contributed by atoms with Crippen molar-refractivity contribution in [2.24, 2.45) is 0 Å². The highest BCUT2D eigenvalue weighted by molar-refractivity contribution is 7.12. The Hall–Kier alpha value is -1.23. The molecule has 3 heterocycles. The molecule has 1 fully saturated rings. The summed E-state index contributed by atoms with van der Waals surface area (Å²) in [5.41, 5.74) is 2.43. The first-order valence-corrected chi connectivity index (χ1v) is 8.83. The van der Waals surface area contributed by atoms with Crippen molar-refractivity contribution >= 4 is 11.3 Å². The fourth-order valence-electron chi connectivity index (χ4n) is 2.88. The van der Waals surface area contributed by atoms with Crippen LogP contribution >= 0.6 is 11.3 Å². The van der Waals surface area contributed by atoms with Gasteiger partial charge in [-0.15, -0.1) is 11.3 Å². The standard InChI is InChI=1S/C18H24N2OS/c1-14-6-5-10-19-16(14)13-20(2)12-15-8-9-18(22-15)17-7-3-4-11-21-17/h5-6,8-10,17H,3-4,7,11-13H2,1-2H3. The zero-order chi connectivity index (χ0) is 15.4. The van der Waals surface area contributed by atoms with Crippen LogP contribution in [0, 0.1) is 6.92 Å². The number of ether oxygens (including phenoxy) is 1. The minimum absolute atomic E-state index is 0.329. The fraction of sp³-hybridized carbons (Fsp3) is 0.500. The lowest BCUT2D eigenvalue weighted by atomic mass is 10.1. The second-order valence-electron chi connectivity index (χ2n) is 6.10. The van der Waals surface area contributed by atoms with Gasteiger partial charge in [0.1, 0.15) is 0 Å². The van der Waals surface area contributed by atoms with Crippen molar-refractivity contribution in [2.45, 2.75) is 45.4 Å². The van der Waals surface area contributed by atoms with Crippen molar-refractivity contribution in [1.29, 1.82) is 0 Å². The van der Waals surface area contributed by atoms with Gasteiger partial charge >= 0.3 is 0 Å². The van der Waals surface area contributed by atoms with Crippen LogP contribution < -0.4 is 0 Å². The third kappa shape index (κ3) is 3.94. The maximum atomic E-state index is 5.88. The summed E-state index contributed by atoms with van der Waals surface area (Å²) in [5.74, 6) is 0. The Labute approximate surface area is 137 Å². The van der Waals surface area contributed by atoms with E-state index in [1.54, 1.807) is 0 Å². The molecule has 0 aliphatic carbocycles. The summed E-state index contributed by atoms with van der Waals surface area (Å²) >= 11 is 1.90. The first-order valence-electron chi connectivity index (χ1n) is 8.01. The van der Waals surface area contributed by atoms with Gasteiger partial charge in [-0.3, -0.25) is 9.88 Å². The average Bonchev–Trinajstić information content (AvgIpc) is 2.99. The minimum atomic E-state index is 0.329. The summed E-state index contributed by atoms with van der Waals surface area (Å²) in [6, 6.07) is 8.62. The molecule has 0 spiro atoms. The summed E-state index contributed by atoms with van der Waals surface area (Å²) in [4.78, 5) is 9.60. The lowest BCUT2D eigenvalue weighted by molar-refractivity contribution is 0.0172. The van der Waals surface area contributed by atoms with Crippen LogP contribution in [-0.4, -0.2) is 23.5 Å². The third-order valence-electron chi connectivity index (χ3n) is 4.14. The second kappa shape index (κ2) is 7.36. The monoisotopic (exact) mass is 316 g/mol. The molecule has 0 radical (unpaired) electrons. The molecule has 1 saturated heterocycles. The fourth-order valence-corrected chi connectivity index (χ4v) is 4.06. The summed E-state index contributed by atoms with van der Waals surface area (Å²) in [7, 11) is 2.16. The van der Waals surface area contributed by atoms with E-state index in [1.165, 1.54) is 34.6 Å². The highest BCUT2D eigenvalue weighted by Crippen LogP contribution is 2.33. The van der Waals surface area contributed by atoms with Crippen LogP contribution in [0.5, 0.6) is 0 Å². The van der Waals surface area contributed by atoms with Gasteiger partial charge < -0.3 is 4.74 Å². The van der Waals surface area contributed by atoms with E-state index in [4.69, 9.17) is 4.74 Å². The Morgan fingerprint density at radius 1 is 1.27 bits per heavy atom. The molecule has 2 aromatic rings. The summed E-state index contributed by atoms with van der Waals surface area (Å²) < 4.78 is 5.88. The number of hydrogen-bond acceptors (Lipinski definition) is 4. The Morgan fingerprint density at radius 3 is 2.95 bits per heavy atom. The first-order chi connectivity index (χ1) is 10.7. The molecule has 0 saturated carbocycles. The van der Waals surface area contributed by atoms with Crippen LogP contribution in [0.15, 0.2) is 30.5 Å².